The van der Waals surface area contributed by atoms with E-state index in [4.69, 9.17) is 9.26 Å². The number of hydrogen-bond donors (Lipinski definition) is 1. The molecule has 1 N–H and O–H groups in total. The van der Waals surface area contributed by atoms with Crippen molar-refractivity contribution in [1.29, 1.82) is 0 Å². The second-order valence-electron chi connectivity index (χ2n) is 6.22. The van der Waals surface area contributed by atoms with Gasteiger partial charge in [-0.1, -0.05) is 17.3 Å². The number of methoxy groups -OCH3 is 1. The first-order chi connectivity index (χ1) is 12.1. The maximum absolute atomic E-state index is 12.4. The highest BCUT2D eigenvalue weighted by molar-refractivity contribution is 5.88. The van der Waals surface area contributed by atoms with Crippen LogP contribution >= 0.6 is 0 Å². The molecule has 0 atom stereocenters. The van der Waals surface area contributed by atoms with Gasteiger partial charge in [0.25, 0.3) is 0 Å². The number of ether oxygens (including phenoxy) is 1. The highest BCUT2D eigenvalue weighted by atomic mass is 16.5. The van der Waals surface area contributed by atoms with E-state index in [9.17, 15) is 4.79 Å². The van der Waals surface area contributed by atoms with Crippen LogP contribution in [0.5, 0.6) is 5.75 Å². The molecule has 134 valence electrons. The first-order valence-electron chi connectivity index (χ1n) is 8.48. The summed E-state index contributed by atoms with van der Waals surface area (Å²) < 4.78 is 10.2. The average Bonchev–Trinajstić information content (AvgIpc) is 2.88. The second kappa shape index (κ2) is 8.02. The van der Waals surface area contributed by atoms with Gasteiger partial charge in [-0.2, -0.15) is 0 Å². The normalized spacial score (nSPS) is 15.7. The fraction of sp³-hybridized carbons (Fsp3) is 0.444. The molecule has 7 nitrogen and oxygen atoms in total. The largest absolute Gasteiger partial charge is 0.497 e. The molecule has 1 aromatic carbocycles. The Balaban J connectivity index is 1.51. The summed E-state index contributed by atoms with van der Waals surface area (Å²) in [5, 5.41) is 6.59. The van der Waals surface area contributed by atoms with Crippen LogP contribution in [0.2, 0.25) is 0 Å². The van der Waals surface area contributed by atoms with Gasteiger partial charge in [0.05, 0.1) is 7.11 Å². The molecule has 7 heteroatoms. The van der Waals surface area contributed by atoms with Gasteiger partial charge in [0, 0.05) is 38.8 Å². The maximum atomic E-state index is 12.4. The molecule has 0 bridgehead atoms. The third-order valence-corrected chi connectivity index (χ3v) is 4.30. The van der Waals surface area contributed by atoms with Gasteiger partial charge in [0.1, 0.15) is 11.5 Å². The molecule has 0 spiro atoms. The van der Waals surface area contributed by atoms with Crippen LogP contribution in [-0.4, -0.2) is 54.3 Å². The number of benzene rings is 1. The van der Waals surface area contributed by atoms with E-state index in [1.54, 1.807) is 20.1 Å². The minimum Gasteiger partial charge on any atom is -0.497 e. The number of carbonyl (C=O) groups excluding carboxylic acids is 1. The van der Waals surface area contributed by atoms with Crippen molar-refractivity contribution < 1.29 is 14.1 Å². The van der Waals surface area contributed by atoms with Gasteiger partial charge in [-0.25, -0.2) is 4.79 Å². The van der Waals surface area contributed by atoms with E-state index in [0.29, 0.717) is 18.1 Å². The summed E-state index contributed by atoms with van der Waals surface area (Å²) in [6.45, 7) is 5.92. The van der Waals surface area contributed by atoms with Gasteiger partial charge in [-0.15, -0.1) is 0 Å². The Labute approximate surface area is 147 Å². The minimum atomic E-state index is -0.125. The van der Waals surface area contributed by atoms with E-state index in [1.165, 1.54) is 5.56 Å². The zero-order chi connectivity index (χ0) is 17.6. The van der Waals surface area contributed by atoms with Crippen molar-refractivity contribution in [3.05, 3.63) is 41.7 Å². The molecule has 3 rings (SSSR count). The Morgan fingerprint density at radius 2 is 2.04 bits per heavy atom. The molecular formula is C18H24N4O3. The third kappa shape index (κ3) is 4.73. The van der Waals surface area contributed by atoms with Crippen molar-refractivity contribution in [2.45, 2.75) is 19.9 Å². The van der Waals surface area contributed by atoms with Gasteiger partial charge < -0.3 is 14.2 Å². The van der Waals surface area contributed by atoms with E-state index in [1.807, 2.05) is 17.0 Å². The molecular weight excluding hydrogens is 320 g/mol. The van der Waals surface area contributed by atoms with Gasteiger partial charge in [0.15, 0.2) is 5.82 Å². The molecule has 0 saturated carbocycles. The molecule has 1 fully saturated rings. The Hall–Kier alpha value is -2.54. The predicted octanol–water partition coefficient (Wildman–Crippen LogP) is 2.73. The van der Waals surface area contributed by atoms with Crippen molar-refractivity contribution in [1.82, 2.24) is 15.0 Å². The van der Waals surface area contributed by atoms with Crippen molar-refractivity contribution in [2.24, 2.45) is 0 Å². The highest BCUT2D eigenvalue weighted by Gasteiger charge is 2.20. The van der Waals surface area contributed by atoms with Gasteiger partial charge >= 0.3 is 6.03 Å². The SMILES string of the molecule is COc1ccc(CN2CCCN(C(=O)Nc3cc(C)on3)CC2)cc1. The zero-order valence-electron chi connectivity index (χ0n) is 14.7. The topological polar surface area (TPSA) is 70.8 Å². The lowest BCUT2D eigenvalue weighted by Crippen LogP contribution is -2.38. The van der Waals surface area contributed by atoms with Crippen LogP contribution in [0.4, 0.5) is 10.6 Å². The summed E-state index contributed by atoms with van der Waals surface area (Å²) in [6, 6.07) is 9.72. The molecule has 0 radical (unpaired) electrons. The molecule has 2 amide bonds. The molecule has 1 aliphatic rings. The molecule has 2 heterocycles. The van der Waals surface area contributed by atoms with E-state index in [0.717, 1.165) is 38.3 Å². The third-order valence-electron chi connectivity index (χ3n) is 4.30. The number of nitrogens with zero attached hydrogens (tertiary/aromatic N) is 3. The number of aryl methyl sites for hydroxylation is 1. The van der Waals surface area contributed by atoms with Crippen molar-refractivity contribution in [3.8, 4) is 5.75 Å². The number of nitrogens with one attached hydrogen (secondary N) is 1. The smallest absolute Gasteiger partial charge is 0.323 e. The number of anilines is 1. The van der Waals surface area contributed by atoms with Crippen LogP contribution in [0.15, 0.2) is 34.9 Å². The Morgan fingerprint density at radius 3 is 2.72 bits per heavy atom. The number of amides is 2. The first kappa shape index (κ1) is 17.3. The average molecular weight is 344 g/mol. The number of hydrogen-bond acceptors (Lipinski definition) is 5. The molecule has 2 aromatic rings. The molecule has 25 heavy (non-hydrogen) atoms. The molecule has 0 unspecified atom stereocenters. The summed E-state index contributed by atoms with van der Waals surface area (Å²) in [7, 11) is 1.67. The van der Waals surface area contributed by atoms with Crippen LogP contribution in [0.1, 0.15) is 17.7 Å². The number of carbonyl (C=O) groups is 1. The van der Waals surface area contributed by atoms with Gasteiger partial charge in [0.2, 0.25) is 0 Å². The van der Waals surface area contributed by atoms with Crippen LogP contribution < -0.4 is 10.1 Å². The van der Waals surface area contributed by atoms with Gasteiger partial charge in [-0.3, -0.25) is 10.2 Å². The highest BCUT2D eigenvalue weighted by Crippen LogP contribution is 2.15. The van der Waals surface area contributed by atoms with Crippen LogP contribution in [-0.2, 0) is 6.54 Å². The molecule has 0 aliphatic carbocycles. The Bertz CT molecular complexity index is 699. The maximum Gasteiger partial charge on any atom is 0.323 e. The zero-order valence-corrected chi connectivity index (χ0v) is 14.7. The number of aromatic nitrogens is 1. The summed E-state index contributed by atoms with van der Waals surface area (Å²) in [5.74, 6) is 2.00. The van der Waals surface area contributed by atoms with E-state index >= 15 is 0 Å². The van der Waals surface area contributed by atoms with E-state index in [-0.39, 0.29) is 6.03 Å². The van der Waals surface area contributed by atoms with Crippen LogP contribution in [0.25, 0.3) is 0 Å². The molecule has 1 aliphatic heterocycles. The minimum absolute atomic E-state index is 0.125. The van der Waals surface area contributed by atoms with E-state index < -0.39 is 0 Å². The lowest BCUT2D eigenvalue weighted by Gasteiger charge is -2.22. The van der Waals surface area contributed by atoms with Crippen molar-refractivity contribution in [3.63, 3.8) is 0 Å². The summed E-state index contributed by atoms with van der Waals surface area (Å²) in [4.78, 5) is 16.6. The lowest BCUT2D eigenvalue weighted by molar-refractivity contribution is 0.210. The summed E-state index contributed by atoms with van der Waals surface area (Å²) >= 11 is 0. The lowest BCUT2D eigenvalue weighted by atomic mass is 10.2. The Kier molecular flexibility index (Phi) is 5.55. The second-order valence-corrected chi connectivity index (χ2v) is 6.22. The number of urea groups is 1. The fourth-order valence-electron chi connectivity index (χ4n) is 2.94. The Morgan fingerprint density at radius 1 is 1.24 bits per heavy atom. The van der Waals surface area contributed by atoms with Crippen molar-refractivity contribution in [2.75, 3.05) is 38.6 Å². The van der Waals surface area contributed by atoms with Gasteiger partial charge in [-0.05, 0) is 31.0 Å². The van der Waals surface area contributed by atoms with E-state index in [2.05, 4.69) is 27.5 Å². The van der Waals surface area contributed by atoms with Crippen molar-refractivity contribution >= 4 is 11.8 Å². The quantitative estimate of drug-likeness (QED) is 0.923. The summed E-state index contributed by atoms with van der Waals surface area (Å²) in [6.07, 6.45) is 0.946. The first-order valence-corrected chi connectivity index (χ1v) is 8.48. The number of rotatable bonds is 4. The standard InChI is InChI=1S/C18H24N4O3/c1-14-12-17(20-25-14)19-18(23)22-9-3-8-21(10-11-22)13-15-4-6-16(24-2)7-5-15/h4-7,12H,3,8-11,13H2,1-2H3,(H,19,20,23). The summed E-state index contributed by atoms with van der Waals surface area (Å²) in [5.41, 5.74) is 1.25. The monoisotopic (exact) mass is 344 g/mol. The van der Waals surface area contributed by atoms with Crippen LogP contribution in [0.3, 0.4) is 0 Å². The molecule has 1 aromatic heterocycles. The molecule has 1 saturated heterocycles. The van der Waals surface area contributed by atoms with Crippen LogP contribution in [0, 0.1) is 6.92 Å². The fourth-order valence-corrected chi connectivity index (χ4v) is 2.94. The predicted molar refractivity (Wildman–Crippen MR) is 94.7 cm³/mol.